The third kappa shape index (κ3) is 2.13. The van der Waals surface area contributed by atoms with E-state index in [9.17, 15) is 0 Å². The van der Waals surface area contributed by atoms with Crippen LogP contribution in [0.15, 0.2) is 48.5 Å². The van der Waals surface area contributed by atoms with E-state index in [1.54, 1.807) is 7.11 Å². The molecule has 2 N–H and O–H groups in total. The van der Waals surface area contributed by atoms with Gasteiger partial charge in [0.25, 0.3) is 0 Å². The van der Waals surface area contributed by atoms with E-state index in [0.717, 1.165) is 12.2 Å². The van der Waals surface area contributed by atoms with Crippen LogP contribution in [-0.2, 0) is 0 Å². The van der Waals surface area contributed by atoms with Crippen molar-refractivity contribution in [1.29, 1.82) is 0 Å². The monoisotopic (exact) mass is 295 g/mol. The van der Waals surface area contributed by atoms with Gasteiger partial charge in [-0.05, 0) is 35.7 Å². The molecule has 1 saturated carbocycles. The highest BCUT2D eigenvalue weighted by Gasteiger charge is 2.38. The number of fused-ring (bicyclic) bond motifs is 1. The van der Waals surface area contributed by atoms with E-state index in [1.165, 1.54) is 26.1 Å². The highest BCUT2D eigenvalue weighted by Crippen LogP contribution is 2.51. The Hall–Kier alpha value is -1.84. The molecule has 4 rings (SSSR count). The quantitative estimate of drug-likeness (QED) is 0.777. The third-order valence-corrected chi connectivity index (χ3v) is 5.42. The zero-order chi connectivity index (χ0) is 14.4. The van der Waals surface area contributed by atoms with Crippen molar-refractivity contribution in [3.63, 3.8) is 0 Å². The van der Waals surface area contributed by atoms with Gasteiger partial charge in [0, 0.05) is 26.9 Å². The molecule has 1 aliphatic carbocycles. The third-order valence-electron chi connectivity index (χ3n) is 4.18. The summed E-state index contributed by atoms with van der Waals surface area (Å²) in [7, 11) is 1.72. The standard InChI is InChI=1S/C18H17NOS/c1-20-12-7-8-16-14(9-12)17(13-10-15(13)19)18(21-16)11-5-3-2-4-6-11/h2-9,13,15H,10,19H2,1H3. The summed E-state index contributed by atoms with van der Waals surface area (Å²) < 4.78 is 6.70. The van der Waals surface area contributed by atoms with Crippen molar-refractivity contribution in [1.82, 2.24) is 0 Å². The molecule has 0 bridgehead atoms. The summed E-state index contributed by atoms with van der Waals surface area (Å²) in [5, 5.41) is 1.30. The van der Waals surface area contributed by atoms with Crippen LogP contribution in [0.25, 0.3) is 20.5 Å². The smallest absolute Gasteiger partial charge is 0.119 e. The number of hydrogen-bond acceptors (Lipinski definition) is 3. The van der Waals surface area contributed by atoms with Gasteiger partial charge in [0.05, 0.1) is 7.11 Å². The molecule has 0 amide bonds. The number of hydrogen-bond donors (Lipinski definition) is 1. The topological polar surface area (TPSA) is 35.2 Å². The molecule has 2 nitrogen and oxygen atoms in total. The van der Waals surface area contributed by atoms with Gasteiger partial charge in [0.1, 0.15) is 5.75 Å². The second-order valence-electron chi connectivity index (χ2n) is 5.58. The molecule has 2 atom stereocenters. The number of nitrogens with two attached hydrogens (primary N) is 1. The lowest BCUT2D eigenvalue weighted by Crippen LogP contribution is -2.01. The fourth-order valence-electron chi connectivity index (χ4n) is 2.94. The summed E-state index contributed by atoms with van der Waals surface area (Å²) in [4.78, 5) is 1.36. The van der Waals surface area contributed by atoms with Gasteiger partial charge in [-0.2, -0.15) is 0 Å². The predicted octanol–water partition coefficient (Wildman–Crippen LogP) is 4.39. The molecule has 1 aliphatic rings. The van der Waals surface area contributed by atoms with E-state index in [0.29, 0.717) is 12.0 Å². The molecular weight excluding hydrogens is 278 g/mol. The maximum absolute atomic E-state index is 6.14. The largest absolute Gasteiger partial charge is 0.497 e. The fraction of sp³-hybridized carbons (Fsp3) is 0.222. The minimum Gasteiger partial charge on any atom is -0.497 e. The first-order valence-corrected chi connectivity index (χ1v) is 8.01. The molecule has 0 saturated heterocycles. The molecular formula is C18H17NOS. The Bertz CT molecular complexity index is 794. The first-order valence-electron chi connectivity index (χ1n) is 7.19. The van der Waals surface area contributed by atoms with Gasteiger partial charge in [0.15, 0.2) is 0 Å². The van der Waals surface area contributed by atoms with Gasteiger partial charge in [-0.25, -0.2) is 0 Å². The Balaban J connectivity index is 1.97. The zero-order valence-corrected chi connectivity index (χ0v) is 12.7. The van der Waals surface area contributed by atoms with Crippen molar-refractivity contribution >= 4 is 21.4 Å². The van der Waals surface area contributed by atoms with Crippen LogP contribution in [0.2, 0.25) is 0 Å². The molecule has 3 aromatic rings. The molecule has 1 aromatic heterocycles. The predicted molar refractivity (Wildman–Crippen MR) is 89.1 cm³/mol. The van der Waals surface area contributed by atoms with E-state index >= 15 is 0 Å². The Morgan fingerprint density at radius 3 is 2.57 bits per heavy atom. The first-order chi connectivity index (χ1) is 10.3. The van der Waals surface area contributed by atoms with Crippen LogP contribution in [0.4, 0.5) is 0 Å². The summed E-state index contributed by atoms with van der Waals surface area (Å²) in [5.74, 6) is 1.40. The maximum atomic E-state index is 6.14. The molecule has 21 heavy (non-hydrogen) atoms. The van der Waals surface area contributed by atoms with E-state index in [1.807, 2.05) is 17.4 Å². The molecule has 1 fully saturated rings. The van der Waals surface area contributed by atoms with Crippen LogP contribution in [-0.4, -0.2) is 13.2 Å². The van der Waals surface area contributed by atoms with Crippen molar-refractivity contribution in [3.8, 4) is 16.2 Å². The van der Waals surface area contributed by atoms with Crippen LogP contribution in [0.1, 0.15) is 17.9 Å². The molecule has 0 spiro atoms. The highest BCUT2D eigenvalue weighted by molar-refractivity contribution is 7.22. The van der Waals surface area contributed by atoms with Crippen molar-refractivity contribution in [2.24, 2.45) is 5.73 Å². The van der Waals surface area contributed by atoms with Gasteiger partial charge in [-0.15, -0.1) is 11.3 Å². The number of thiophene rings is 1. The fourth-order valence-corrected chi connectivity index (χ4v) is 4.20. The van der Waals surface area contributed by atoms with E-state index < -0.39 is 0 Å². The van der Waals surface area contributed by atoms with Crippen molar-refractivity contribution in [2.45, 2.75) is 18.4 Å². The number of ether oxygens (including phenoxy) is 1. The zero-order valence-electron chi connectivity index (χ0n) is 11.9. The number of methoxy groups -OCH3 is 1. The summed E-state index contributed by atoms with van der Waals surface area (Å²) in [5.41, 5.74) is 8.83. The number of benzene rings is 2. The average Bonchev–Trinajstić information content (AvgIpc) is 3.12. The normalized spacial score (nSPS) is 20.7. The lowest BCUT2D eigenvalue weighted by Gasteiger charge is -2.05. The average molecular weight is 295 g/mol. The van der Waals surface area contributed by atoms with Gasteiger partial charge in [-0.3, -0.25) is 0 Å². The highest BCUT2D eigenvalue weighted by atomic mass is 32.1. The molecule has 2 unspecified atom stereocenters. The first kappa shape index (κ1) is 12.9. The van der Waals surface area contributed by atoms with Crippen molar-refractivity contribution < 1.29 is 4.74 Å². The minimum absolute atomic E-state index is 0.302. The van der Waals surface area contributed by atoms with Gasteiger partial charge in [0.2, 0.25) is 0 Å². The van der Waals surface area contributed by atoms with Crippen LogP contribution in [0, 0.1) is 0 Å². The Kier molecular flexibility index (Phi) is 2.98. The van der Waals surface area contributed by atoms with E-state index in [2.05, 4.69) is 42.5 Å². The Labute approximate surface area is 128 Å². The second-order valence-corrected chi connectivity index (χ2v) is 6.63. The van der Waals surface area contributed by atoms with Gasteiger partial charge >= 0.3 is 0 Å². The van der Waals surface area contributed by atoms with E-state index in [4.69, 9.17) is 10.5 Å². The summed E-state index contributed by atoms with van der Waals surface area (Å²) in [6.07, 6.45) is 1.09. The second kappa shape index (κ2) is 4.86. The van der Waals surface area contributed by atoms with E-state index in [-0.39, 0.29) is 0 Å². The Morgan fingerprint density at radius 1 is 1.14 bits per heavy atom. The molecule has 3 heteroatoms. The molecule has 2 aromatic carbocycles. The van der Waals surface area contributed by atoms with Gasteiger partial charge in [-0.1, -0.05) is 30.3 Å². The van der Waals surface area contributed by atoms with Crippen LogP contribution < -0.4 is 10.5 Å². The molecule has 0 radical (unpaired) electrons. The van der Waals surface area contributed by atoms with Crippen LogP contribution >= 0.6 is 11.3 Å². The SMILES string of the molecule is COc1ccc2sc(-c3ccccc3)c(C3CC3N)c2c1. The van der Waals surface area contributed by atoms with Crippen molar-refractivity contribution in [3.05, 3.63) is 54.1 Å². The van der Waals surface area contributed by atoms with Crippen LogP contribution in [0.5, 0.6) is 5.75 Å². The minimum atomic E-state index is 0.302. The number of rotatable bonds is 3. The van der Waals surface area contributed by atoms with Gasteiger partial charge < -0.3 is 10.5 Å². The molecule has 1 heterocycles. The molecule has 106 valence electrons. The molecule has 0 aliphatic heterocycles. The summed E-state index contributed by atoms with van der Waals surface area (Å²) in [6.45, 7) is 0. The lowest BCUT2D eigenvalue weighted by molar-refractivity contribution is 0.415. The summed E-state index contributed by atoms with van der Waals surface area (Å²) in [6, 6.07) is 17.2. The Morgan fingerprint density at radius 2 is 1.90 bits per heavy atom. The van der Waals surface area contributed by atoms with Crippen LogP contribution in [0.3, 0.4) is 0 Å². The van der Waals surface area contributed by atoms with Crippen molar-refractivity contribution in [2.75, 3.05) is 7.11 Å². The lowest BCUT2D eigenvalue weighted by atomic mass is 10.0. The summed E-state index contributed by atoms with van der Waals surface area (Å²) >= 11 is 1.86. The maximum Gasteiger partial charge on any atom is 0.119 e.